The van der Waals surface area contributed by atoms with E-state index in [-0.39, 0.29) is 19.1 Å². The van der Waals surface area contributed by atoms with Crippen LogP contribution in [0.2, 0.25) is 0 Å². The minimum Gasteiger partial charge on any atom is -0.470 e. The molecular weight excluding hydrogens is 351 g/mol. The molecule has 0 saturated carbocycles. The summed E-state index contributed by atoms with van der Waals surface area (Å²) in [6.07, 6.45) is 2.22. The van der Waals surface area contributed by atoms with Crippen LogP contribution in [0, 0.1) is 0 Å². The van der Waals surface area contributed by atoms with Crippen molar-refractivity contribution in [3.05, 3.63) is 29.8 Å². The third-order valence-corrected chi connectivity index (χ3v) is 3.55. The number of ether oxygens (including phenoxy) is 1. The van der Waals surface area contributed by atoms with Gasteiger partial charge in [-0.15, -0.1) is 0 Å². The van der Waals surface area contributed by atoms with Crippen molar-refractivity contribution >= 4 is 37.6 Å². The Labute approximate surface area is 158 Å². The van der Waals surface area contributed by atoms with Crippen molar-refractivity contribution in [2.75, 3.05) is 18.4 Å². The van der Waals surface area contributed by atoms with Crippen LogP contribution in [0.1, 0.15) is 24.8 Å². The quantitative estimate of drug-likeness (QED) is 0.227. The van der Waals surface area contributed by atoms with E-state index in [1.54, 1.807) is 24.3 Å². The van der Waals surface area contributed by atoms with Crippen LogP contribution < -0.4 is 21.7 Å². The van der Waals surface area contributed by atoms with Crippen LogP contribution in [0.15, 0.2) is 24.3 Å². The van der Waals surface area contributed by atoms with E-state index in [9.17, 15) is 19.2 Å². The van der Waals surface area contributed by atoms with Crippen LogP contribution in [-0.4, -0.2) is 51.1 Å². The topological polar surface area (TPSA) is 140 Å². The van der Waals surface area contributed by atoms with Crippen LogP contribution in [0.5, 0.6) is 0 Å². The molecule has 0 fully saturated rings. The van der Waals surface area contributed by atoms with E-state index in [4.69, 9.17) is 13.6 Å². The average Bonchev–Trinajstić information content (AvgIpc) is 2.65. The molecule has 0 bridgehead atoms. The fourth-order valence-electron chi connectivity index (χ4n) is 2.21. The molecule has 1 unspecified atom stereocenters. The summed E-state index contributed by atoms with van der Waals surface area (Å²) in [4.78, 5) is 45.1. The summed E-state index contributed by atoms with van der Waals surface area (Å²) in [5.74, 6) is -1.71. The molecule has 1 rings (SSSR count). The molecule has 1 atom stereocenters. The Hall–Kier alpha value is -2.88. The first-order valence-electron chi connectivity index (χ1n) is 8.44. The molecule has 0 aliphatic rings. The number of unbranched alkanes of at least 4 members (excludes halogenated alkanes) is 1. The van der Waals surface area contributed by atoms with E-state index < -0.39 is 17.8 Å². The lowest BCUT2D eigenvalue weighted by Gasteiger charge is -2.18. The number of rotatable bonds is 12. The molecule has 0 heterocycles. The summed E-state index contributed by atoms with van der Waals surface area (Å²) in [6.45, 7) is 0.313. The molecular formula is C17H23BN4O5. The number of carbonyl (C=O) groups excluding carboxylic acids is 4. The fourth-order valence-corrected chi connectivity index (χ4v) is 2.21. The molecule has 144 valence electrons. The van der Waals surface area contributed by atoms with Gasteiger partial charge in [-0.05, 0) is 43.5 Å². The van der Waals surface area contributed by atoms with E-state index in [0.29, 0.717) is 37.0 Å². The largest absolute Gasteiger partial charge is 0.470 e. The van der Waals surface area contributed by atoms with E-state index in [1.807, 2.05) is 0 Å². The van der Waals surface area contributed by atoms with Crippen molar-refractivity contribution in [2.45, 2.75) is 31.9 Å². The summed E-state index contributed by atoms with van der Waals surface area (Å²) in [5.41, 5.74) is 6.69. The number of amides is 3. The lowest BCUT2D eigenvalue weighted by atomic mass is 10.1. The predicted molar refractivity (Wildman–Crippen MR) is 99.9 cm³/mol. The monoisotopic (exact) mass is 374 g/mol. The smallest absolute Gasteiger partial charge is 0.246 e. The van der Waals surface area contributed by atoms with Gasteiger partial charge in [0.2, 0.25) is 31.9 Å². The second kappa shape index (κ2) is 12.5. The zero-order chi connectivity index (χ0) is 20.1. The minimum absolute atomic E-state index is 0.0328. The van der Waals surface area contributed by atoms with Gasteiger partial charge in [0.1, 0.15) is 12.6 Å². The molecule has 0 saturated heterocycles. The van der Waals surface area contributed by atoms with Crippen LogP contribution >= 0.6 is 0 Å². The maximum Gasteiger partial charge on any atom is 0.246 e. The van der Waals surface area contributed by atoms with Gasteiger partial charge in [-0.3, -0.25) is 19.2 Å². The molecule has 9 nitrogen and oxygen atoms in total. The Balaban J connectivity index is 2.65. The molecule has 1 aromatic rings. The van der Waals surface area contributed by atoms with Gasteiger partial charge in [0.05, 0.1) is 6.54 Å². The summed E-state index contributed by atoms with van der Waals surface area (Å²) in [5, 5.41) is 7.55. The van der Waals surface area contributed by atoms with Crippen LogP contribution in [0.3, 0.4) is 0 Å². The van der Waals surface area contributed by atoms with Gasteiger partial charge >= 0.3 is 0 Å². The lowest BCUT2D eigenvalue weighted by Crippen LogP contribution is -2.46. The first-order chi connectivity index (χ1) is 13.0. The SMILES string of the molecule is [B]C(=O)OCc1ccc(NC(=O)C(CCCCN)NC(=O)CNC=O)cc1. The standard InChI is InChI=1S/C17H23BN4O5/c18-17(26)27-10-12-4-6-13(7-5-12)21-16(25)14(3-1-2-8-19)22-15(24)9-20-11-23/h4-7,11,14H,1-3,8-10,19H2,(H,20,23)(H,21,25)(H,22,24). The molecule has 5 N–H and O–H groups in total. The van der Waals surface area contributed by atoms with Gasteiger partial charge in [-0.25, -0.2) is 0 Å². The number of carbonyl (C=O) groups is 4. The fraction of sp³-hybridized carbons (Fsp3) is 0.412. The molecule has 2 radical (unpaired) electrons. The molecule has 0 spiro atoms. The van der Waals surface area contributed by atoms with E-state index >= 15 is 0 Å². The van der Waals surface area contributed by atoms with Crippen LogP contribution in [0.25, 0.3) is 0 Å². The highest BCUT2D eigenvalue weighted by atomic mass is 16.5. The first-order valence-corrected chi connectivity index (χ1v) is 8.44. The lowest BCUT2D eigenvalue weighted by molar-refractivity contribution is -0.126. The van der Waals surface area contributed by atoms with Gasteiger partial charge in [-0.1, -0.05) is 12.1 Å². The zero-order valence-electron chi connectivity index (χ0n) is 14.9. The number of nitrogens with two attached hydrogens (primary N) is 1. The van der Waals surface area contributed by atoms with Crippen molar-refractivity contribution in [3.63, 3.8) is 0 Å². The van der Waals surface area contributed by atoms with Crippen molar-refractivity contribution in [2.24, 2.45) is 5.73 Å². The van der Waals surface area contributed by atoms with Crippen molar-refractivity contribution in [1.82, 2.24) is 10.6 Å². The Morgan fingerprint density at radius 3 is 2.48 bits per heavy atom. The molecule has 10 heteroatoms. The maximum atomic E-state index is 12.5. The maximum absolute atomic E-state index is 12.5. The Bertz CT molecular complexity index is 639. The Morgan fingerprint density at radius 2 is 1.89 bits per heavy atom. The molecule has 1 aromatic carbocycles. The van der Waals surface area contributed by atoms with Gasteiger partial charge in [0, 0.05) is 5.69 Å². The van der Waals surface area contributed by atoms with Gasteiger partial charge in [-0.2, -0.15) is 0 Å². The zero-order valence-corrected chi connectivity index (χ0v) is 14.9. The number of nitrogens with one attached hydrogen (secondary N) is 3. The van der Waals surface area contributed by atoms with Crippen LogP contribution in [0.4, 0.5) is 10.5 Å². The van der Waals surface area contributed by atoms with E-state index in [0.717, 1.165) is 6.42 Å². The average molecular weight is 374 g/mol. The second-order valence-electron chi connectivity index (χ2n) is 5.70. The van der Waals surface area contributed by atoms with Crippen LogP contribution in [-0.2, 0) is 25.7 Å². The minimum atomic E-state index is -0.868. The van der Waals surface area contributed by atoms with Gasteiger partial charge in [0.15, 0.2) is 0 Å². The third-order valence-electron chi connectivity index (χ3n) is 3.55. The summed E-state index contributed by atoms with van der Waals surface area (Å²) >= 11 is 0. The van der Waals surface area contributed by atoms with E-state index in [2.05, 4.69) is 20.7 Å². The number of benzene rings is 1. The van der Waals surface area contributed by atoms with E-state index in [1.165, 1.54) is 0 Å². The third kappa shape index (κ3) is 9.41. The van der Waals surface area contributed by atoms with Crippen molar-refractivity contribution in [1.29, 1.82) is 0 Å². The van der Waals surface area contributed by atoms with Crippen molar-refractivity contribution < 1.29 is 23.9 Å². The molecule has 3 amide bonds. The highest BCUT2D eigenvalue weighted by molar-refractivity contribution is 6.55. The predicted octanol–water partition coefficient (Wildman–Crippen LogP) is -0.210. The Kier molecular flexibility index (Phi) is 10.2. The number of hydrogen-bond acceptors (Lipinski definition) is 6. The molecule has 27 heavy (non-hydrogen) atoms. The normalized spacial score (nSPS) is 11.1. The summed E-state index contributed by atoms with van der Waals surface area (Å²) in [6, 6.07) is 5.88. The Morgan fingerprint density at radius 1 is 1.19 bits per heavy atom. The van der Waals surface area contributed by atoms with Gasteiger partial charge in [0.25, 0.3) is 0 Å². The highest BCUT2D eigenvalue weighted by Gasteiger charge is 2.20. The molecule has 0 aliphatic heterocycles. The summed E-state index contributed by atoms with van der Waals surface area (Å²) in [7, 11) is 4.91. The first kappa shape index (κ1) is 22.2. The second-order valence-corrected chi connectivity index (χ2v) is 5.70. The molecule has 0 aliphatic carbocycles. The van der Waals surface area contributed by atoms with Gasteiger partial charge < -0.3 is 26.4 Å². The highest BCUT2D eigenvalue weighted by Crippen LogP contribution is 2.12. The van der Waals surface area contributed by atoms with Crippen molar-refractivity contribution in [3.8, 4) is 0 Å². The number of hydrogen-bond donors (Lipinski definition) is 4. The molecule has 0 aromatic heterocycles. The summed E-state index contributed by atoms with van der Waals surface area (Å²) < 4.78 is 4.68. The number of anilines is 1.